The molecule has 0 unspecified atom stereocenters. The number of halogens is 1. The lowest BCUT2D eigenvalue weighted by atomic mass is 10.1. The van der Waals surface area contributed by atoms with Gasteiger partial charge in [0.25, 0.3) is 0 Å². The van der Waals surface area contributed by atoms with Crippen molar-refractivity contribution in [2.75, 3.05) is 26.2 Å². The number of benzene rings is 1. The zero-order valence-corrected chi connectivity index (χ0v) is 11.5. The lowest BCUT2D eigenvalue weighted by molar-refractivity contribution is 0.318. The number of hydrogen-bond acceptors (Lipinski definition) is 4. The second kappa shape index (κ2) is 7.21. The standard InChI is InChI=1S/C14H21FN4O/c15-13-9-11(14(16)18-20)3-4-12(13)10-17-5-8-19-6-1-2-7-19/h3-4,9,17,20H,1-2,5-8,10H2,(H2,16,18). The third kappa shape index (κ3) is 3.91. The molecule has 1 fully saturated rings. The van der Waals surface area contributed by atoms with Crippen LogP contribution in [0.4, 0.5) is 4.39 Å². The van der Waals surface area contributed by atoms with Crippen molar-refractivity contribution in [3.63, 3.8) is 0 Å². The van der Waals surface area contributed by atoms with E-state index in [-0.39, 0.29) is 11.7 Å². The van der Waals surface area contributed by atoms with Crippen LogP contribution in [0.2, 0.25) is 0 Å². The van der Waals surface area contributed by atoms with Gasteiger partial charge in [-0.3, -0.25) is 0 Å². The van der Waals surface area contributed by atoms with E-state index in [0.29, 0.717) is 17.7 Å². The molecule has 110 valence electrons. The number of oxime groups is 1. The number of hydrogen-bond donors (Lipinski definition) is 3. The number of amidine groups is 1. The van der Waals surface area contributed by atoms with Crippen molar-refractivity contribution < 1.29 is 9.60 Å². The fourth-order valence-electron chi connectivity index (χ4n) is 2.37. The Morgan fingerprint density at radius 2 is 2.15 bits per heavy atom. The SMILES string of the molecule is NC(=NO)c1ccc(CNCCN2CCCC2)c(F)c1. The summed E-state index contributed by atoms with van der Waals surface area (Å²) in [5.74, 6) is -0.430. The van der Waals surface area contributed by atoms with Crippen LogP contribution in [0.15, 0.2) is 23.4 Å². The van der Waals surface area contributed by atoms with Gasteiger partial charge in [0.1, 0.15) is 5.82 Å². The van der Waals surface area contributed by atoms with Gasteiger partial charge in [-0.2, -0.15) is 0 Å². The molecular weight excluding hydrogens is 259 g/mol. The van der Waals surface area contributed by atoms with Crippen molar-refractivity contribution in [1.29, 1.82) is 0 Å². The maximum Gasteiger partial charge on any atom is 0.170 e. The quantitative estimate of drug-likeness (QED) is 0.240. The highest BCUT2D eigenvalue weighted by Crippen LogP contribution is 2.10. The van der Waals surface area contributed by atoms with Gasteiger partial charge in [-0.15, -0.1) is 0 Å². The molecule has 1 heterocycles. The monoisotopic (exact) mass is 280 g/mol. The average Bonchev–Trinajstić information content (AvgIpc) is 2.97. The Morgan fingerprint density at radius 1 is 1.40 bits per heavy atom. The lowest BCUT2D eigenvalue weighted by Gasteiger charge is -2.15. The number of nitrogens with two attached hydrogens (primary N) is 1. The highest BCUT2D eigenvalue weighted by Gasteiger charge is 2.10. The van der Waals surface area contributed by atoms with Crippen molar-refractivity contribution in [2.45, 2.75) is 19.4 Å². The van der Waals surface area contributed by atoms with Crippen molar-refractivity contribution >= 4 is 5.84 Å². The largest absolute Gasteiger partial charge is 0.409 e. The van der Waals surface area contributed by atoms with Crippen molar-refractivity contribution in [3.8, 4) is 0 Å². The molecule has 0 amide bonds. The van der Waals surface area contributed by atoms with Crippen LogP contribution < -0.4 is 11.1 Å². The summed E-state index contributed by atoms with van der Waals surface area (Å²) in [5, 5.41) is 14.6. The molecule has 2 rings (SSSR count). The van der Waals surface area contributed by atoms with E-state index in [1.165, 1.54) is 32.0 Å². The van der Waals surface area contributed by atoms with Crippen LogP contribution in [0.1, 0.15) is 24.0 Å². The van der Waals surface area contributed by atoms with Crippen LogP contribution in [0, 0.1) is 5.82 Å². The molecule has 1 aliphatic heterocycles. The minimum absolute atomic E-state index is 0.0857. The molecule has 20 heavy (non-hydrogen) atoms. The zero-order valence-electron chi connectivity index (χ0n) is 11.5. The van der Waals surface area contributed by atoms with Crippen LogP contribution in [0.3, 0.4) is 0 Å². The Hall–Kier alpha value is -1.66. The smallest absolute Gasteiger partial charge is 0.170 e. The number of nitrogens with zero attached hydrogens (tertiary/aromatic N) is 2. The number of likely N-dealkylation sites (tertiary alicyclic amines) is 1. The molecule has 1 saturated heterocycles. The molecule has 0 bridgehead atoms. The van der Waals surface area contributed by atoms with E-state index in [4.69, 9.17) is 10.9 Å². The summed E-state index contributed by atoms with van der Waals surface area (Å²) in [6, 6.07) is 4.59. The number of nitrogens with one attached hydrogen (secondary N) is 1. The lowest BCUT2D eigenvalue weighted by Crippen LogP contribution is -2.29. The van der Waals surface area contributed by atoms with E-state index >= 15 is 0 Å². The summed E-state index contributed by atoms with van der Waals surface area (Å²) in [6.45, 7) is 4.68. The van der Waals surface area contributed by atoms with E-state index in [1.54, 1.807) is 12.1 Å². The Kier molecular flexibility index (Phi) is 5.31. The first-order valence-electron chi connectivity index (χ1n) is 6.90. The van der Waals surface area contributed by atoms with Crippen molar-refractivity contribution in [2.24, 2.45) is 10.9 Å². The third-order valence-corrected chi connectivity index (χ3v) is 3.58. The second-order valence-corrected chi connectivity index (χ2v) is 5.02. The molecular formula is C14H21FN4O. The molecule has 6 heteroatoms. The van der Waals surface area contributed by atoms with E-state index < -0.39 is 0 Å². The molecule has 0 aliphatic carbocycles. The van der Waals surface area contributed by atoms with Gasteiger partial charge in [0.2, 0.25) is 0 Å². The van der Waals surface area contributed by atoms with Crippen LogP contribution >= 0.6 is 0 Å². The third-order valence-electron chi connectivity index (χ3n) is 3.58. The normalized spacial score (nSPS) is 16.8. The van der Waals surface area contributed by atoms with Crippen LogP contribution in [-0.2, 0) is 6.54 Å². The van der Waals surface area contributed by atoms with Crippen molar-refractivity contribution in [3.05, 3.63) is 35.1 Å². The molecule has 1 aromatic rings. The molecule has 1 aliphatic rings. The summed E-state index contributed by atoms with van der Waals surface area (Å²) < 4.78 is 13.8. The summed E-state index contributed by atoms with van der Waals surface area (Å²) in [5.41, 5.74) is 6.38. The predicted molar refractivity (Wildman–Crippen MR) is 76.3 cm³/mol. The van der Waals surface area contributed by atoms with E-state index in [1.807, 2.05) is 0 Å². The Bertz CT molecular complexity index is 472. The fourth-order valence-corrected chi connectivity index (χ4v) is 2.37. The van der Waals surface area contributed by atoms with Gasteiger partial charge in [-0.1, -0.05) is 17.3 Å². The van der Waals surface area contributed by atoms with Gasteiger partial charge in [0.15, 0.2) is 5.84 Å². The van der Waals surface area contributed by atoms with Crippen LogP contribution in [0.5, 0.6) is 0 Å². The molecule has 4 N–H and O–H groups in total. The Balaban J connectivity index is 1.80. The molecule has 5 nitrogen and oxygen atoms in total. The fraction of sp³-hybridized carbons (Fsp3) is 0.500. The topological polar surface area (TPSA) is 73.9 Å². The summed E-state index contributed by atoms with van der Waals surface area (Å²) >= 11 is 0. The van der Waals surface area contributed by atoms with E-state index in [2.05, 4.69) is 15.4 Å². The molecule has 0 atom stereocenters. The summed E-state index contributed by atoms with van der Waals surface area (Å²) in [7, 11) is 0. The molecule has 0 saturated carbocycles. The minimum atomic E-state index is -0.345. The molecule has 0 spiro atoms. The highest BCUT2D eigenvalue weighted by molar-refractivity contribution is 5.97. The first-order valence-corrected chi connectivity index (χ1v) is 6.90. The minimum Gasteiger partial charge on any atom is -0.409 e. The average molecular weight is 280 g/mol. The van der Waals surface area contributed by atoms with Gasteiger partial charge in [0, 0.05) is 30.8 Å². The Labute approximate surface area is 118 Å². The van der Waals surface area contributed by atoms with Gasteiger partial charge >= 0.3 is 0 Å². The summed E-state index contributed by atoms with van der Waals surface area (Å²) in [4.78, 5) is 2.41. The second-order valence-electron chi connectivity index (χ2n) is 5.02. The first-order chi connectivity index (χ1) is 9.70. The zero-order chi connectivity index (χ0) is 14.4. The molecule has 1 aromatic carbocycles. The maximum absolute atomic E-state index is 13.8. The highest BCUT2D eigenvalue weighted by atomic mass is 19.1. The van der Waals surface area contributed by atoms with E-state index in [0.717, 1.165) is 13.1 Å². The Morgan fingerprint density at radius 3 is 2.80 bits per heavy atom. The van der Waals surface area contributed by atoms with Crippen LogP contribution in [0.25, 0.3) is 0 Å². The van der Waals surface area contributed by atoms with Crippen LogP contribution in [-0.4, -0.2) is 42.1 Å². The van der Waals surface area contributed by atoms with Gasteiger partial charge in [-0.25, -0.2) is 4.39 Å². The maximum atomic E-state index is 13.8. The van der Waals surface area contributed by atoms with Gasteiger partial charge < -0.3 is 21.2 Å². The summed E-state index contributed by atoms with van der Waals surface area (Å²) in [6.07, 6.45) is 2.56. The number of rotatable bonds is 6. The van der Waals surface area contributed by atoms with Gasteiger partial charge in [-0.05, 0) is 32.0 Å². The van der Waals surface area contributed by atoms with E-state index in [9.17, 15) is 4.39 Å². The molecule has 0 aromatic heterocycles. The molecule has 0 radical (unpaired) electrons. The predicted octanol–water partition coefficient (Wildman–Crippen LogP) is 1.11. The van der Waals surface area contributed by atoms with Gasteiger partial charge in [0.05, 0.1) is 0 Å². The first kappa shape index (κ1) is 14.7. The van der Waals surface area contributed by atoms with Crippen molar-refractivity contribution in [1.82, 2.24) is 10.2 Å².